The van der Waals surface area contributed by atoms with Crippen molar-refractivity contribution in [2.24, 2.45) is 0 Å². The number of hydrogen-bond donors (Lipinski definition) is 1. The highest BCUT2D eigenvalue weighted by Crippen LogP contribution is 2.32. The maximum Gasteiger partial charge on any atom is 0.338 e. The van der Waals surface area contributed by atoms with E-state index >= 15 is 0 Å². The fourth-order valence-electron chi connectivity index (χ4n) is 2.14. The Bertz CT molecular complexity index is 550. The van der Waals surface area contributed by atoms with Gasteiger partial charge in [-0.15, -0.1) is 0 Å². The Balaban J connectivity index is 3.42. The fourth-order valence-corrected chi connectivity index (χ4v) is 2.14. The van der Waals surface area contributed by atoms with Crippen LogP contribution < -0.4 is 4.90 Å². The van der Waals surface area contributed by atoms with Crippen LogP contribution in [0.4, 0.5) is 15.8 Å². The van der Waals surface area contributed by atoms with Gasteiger partial charge in [-0.25, -0.2) is 9.18 Å². The van der Waals surface area contributed by atoms with Crippen molar-refractivity contribution in [1.82, 2.24) is 0 Å². The number of rotatable bonds is 7. The van der Waals surface area contributed by atoms with Crippen LogP contribution in [-0.4, -0.2) is 42.3 Å². The van der Waals surface area contributed by atoms with Gasteiger partial charge in [0.15, 0.2) is 0 Å². The van der Waals surface area contributed by atoms with E-state index in [4.69, 9.17) is 9.84 Å². The van der Waals surface area contributed by atoms with Gasteiger partial charge in [-0.3, -0.25) is 10.1 Å². The van der Waals surface area contributed by atoms with E-state index in [-0.39, 0.29) is 11.7 Å². The molecule has 1 aromatic rings. The van der Waals surface area contributed by atoms with Crippen LogP contribution >= 0.6 is 0 Å². The first-order valence-corrected chi connectivity index (χ1v) is 6.30. The summed E-state index contributed by atoms with van der Waals surface area (Å²) in [5.74, 6) is -2.55. The van der Waals surface area contributed by atoms with Crippen molar-refractivity contribution in [3.8, 4) is 0 Å². The number of carbonyl (C=O) groups is 1. The second-order valence-electron chi connectivity index (χ2n) is 4.47. The van der Waals surface area contributed by atoms with Crippen LogP contribution in [0.2, 0.25) is 0 Å². The van der Waals surface area contributed by atoms with Crippen molar-refractivity contribution in [1.29, 1.82) is 0 Å². The van der Waals surface area contributed by atoms with Gasteiger partial charge < -0.3 is 14.7 Å². The van der Waals surface area contributed by atoms with Crippen LogP contribution in [-0.2, 0) is 4.74 Å². The molecule has 7 nitrogen and oxygen atoms in total. The molecule has 1 unspecified atom stereocenters. The maximum absolute atomic E-state index is 13.8. The molecule has 116 valence electrons. The summed E-state index contributed by atoms with van der Waals surface area (Å²) in [4.78, 5) is 22.9. The standard InChI is InChI=1S/C13H17FN2O5/c1-4-15(8(2)7-21-3)11-6-10(14)9(13(17)18)5-12(11)16(19)20/h5-6,8H,4,7H2,1-3H3,(H,17,18). The lowest BCUT2D eigenvalue weighted by atomic mass is 10.1. The van der Waals surface area contributed by atoms with E-state index in [0.717, 1.165) is 12.1 Å². The topological polar surface area (TPSA) is 92.9 Å². The number of carboxylic acid groups (broad SMARTS) is 1. The molecule has 0 amide bonds. The number of nitro benzene ring substituents is 1. The van der Waals surface area contributed by atoms with E-state index in [2.05, 4.69) is 0 Å². The Morgan fingerprint density at radius 3 is 2.62 bits per heavy atom. The van der Waals surface area contributed by atoms with Crippen molar-refractivity contribution < 1.29 is 24.0 Å². The molecule has 1 atom stereocenters. The number of anilines is 1. The lowest BCUT2D eigenvalue weighted by Crippen LogP contribution is -2.36. The minimum Gasteiger partial charge on any atom is -0.478 e. The third kappa shape index (κ3) is 3.66. The van der Waals surface area contributed by atoms with Crippen LogP contribution in [0.15, 0.2) is 12.1 Å². The summed E-state index contributed by atoms with van der Waals surface area (Å²) in [5, 5.41) is 20.0. The van der Waals surface area contributed by atoms with E-state index in [1.165, 1.54) is 7.11 Å². The summed E-state index contributed by atoms with van der Waals surface area (Å²) < 4.78 is 18.8. The number of nitrogens with zero attached hydrogens (tertiary/aromatic N) is 2. The first-order chi connectivity index (χ1) is 9.83. The molecule has 0 aliphatic carbocycles. The Hall–Kier alpha value is -2.22. The SMILES string of the molecule is CCN(c1cc(F)c(C(=O)O)cc1[N+](=O)[O-])C(C)COC. The van der Waals surface area contributed by atoms with Gasteiger partial charge in [0.05, 0.1) is 11.5 Å². The highest BCUT2D eigenvalue weighted by molar-refractivity contribution is 5.90. The predicted molar refractivity (Wildman–Crippen MR) is 74.4 cm³/mol. The summed E-state index contributed by atoms with van der Waals surface area (Å²) in [6.07, 6.45) is 0. The molecular weight excluding hydrogens is 283 g/mol. The number of nitro groups is 1. The number of ether oxygens (including phenoxy) is 1. The fraction of sp³-hybridized carbons (Fsp3) is 0.462. The zero-order valence-corrected chi connectivity index (χ0v) is 12.0. The van der Waals surface area contributed by atoms with E-state index in [0.29, 0.717) is 13.2 Å². The second-order valence-corrected chi connectivity index (χ2v) is 4.47. The van der Waals surface area contributed by atoms with E-state index in [1.54, 1.807) is 18.7 Å². The Labute approximate surface area is 121 Å². The number of aromatic carboxylic acids is 1. The number of methoxy groups -OCH3 is 1. The Morgan fingerprint density at radius 1 is 1.57 bits per heavy atom. The van der Waals surface area contributed by atoms with Crippen LogP contribution in [0.1, 0.15) is 24.2 Å². The lowest BCUT2D eigenvalue weighted by molar-refractivity contribution is -0.384. The Kier molecular flexibility index (Phi) is 5.60. The molecule has 1 rings (SSSR count). The molecule has 0 bridgehead atoms. The molecule has 1 N–H and O–H groups in total. The summed E-state index contributed by atoms with van der Waals surface area (Å²) in [5.41, 5.74) is -1.13. The highest BCUT2D eigenvalue weighted by Gasteiger charge is 2.27. The molecule has 0 aliphatic heterocycles. The van der Waals surface area contributed by atoms with E-state index in [9.17, 15) is 19.3 Å². The van der Waals surface area contributed by atoms with Crippen molar-refractivity contribution in [2.45, 2.75) is 19.9 Å². The predicted octanol–water partition coefficient (Wildman–Crippen LogP) is 2.29. The van der Waals surface area contributed by atoms with Crippen LogP contribution in [0.5, 0.6) is 0 Å². The van der Waals surface area contributed by atoms with Crippen molar-refractivity contribution in [2.75, 3.05) is 25.2 Å². The molecule has 0 radical (unpaired) electrons. The lowest BCUT2D eigenvalue weighted by Gasteiger charge is -2.29. The highest BCUT2D eigenvalue weighted by atomic mass is 19.1. The third-order valence-corrected chi connectivity index (χ3v) is 3.08. The van der Waals surface area contributed by atoms with E-state index < -0.39 is 28.0 Å². The molecule has 0 aliphatic rings. The van der Waals surface area contributed by atoms with Gasteiger partial charge >= 0.3 is 5.97 Å². The van der Waals surface area contributed by atoms with E-state index in [1.807, 2.05) is 0 Å². The number of halogens is 1. The second kappa shape index (κ2) is 6.98. The molecule has 1 aromatic carbocycles. The molecule has 0 saturated carbocycles. The molecule has 0 spiro atoms. The minimum atomic E-state index is -1.55. The maximum atomic E-state index is 13.8. The molecule has 0 fully saturated rings. The average molecular weight is 300 g/mol. The van der Waals surface area contributed by atoms with Gasteiger partial charge in [0.1, 0.15) is 17.1 Å². The van der Waals surface area contributed by atoms with Crippen LogP contribution in [0, 0.1) is 15.9 Å². The van der Waals surface area contributed by atoms with Crippen molar-refractivity contribution in [3.63, 3.8) is 0 Å². The average Bonchev–Trinajstić information content (AvgIpc) is 2.39. The summed E-state index contributed by atoms with van der Waals surface area (Å²) in [6, 6.07) is 1.40. The molecule has 0 saturated heterocycles. The van der Waals surface area contributed by atoms with Crippen molar-refractivity contribution in [3.05, 3.63) is 33.6 Å². The number of likely N-dealkylation sites (N-methyl/N-ethyl adjacent to an activating group) is 1. The van der Waals surface area contributed by atoms with Gasteiger partial charge in [0.25, 0.3) is 5.69 Å². The molecule has 0 aromatic heterocycles. The third-order valence-electron chi connectivity index (χ3n) is 3.08. The molecular formula is C13H17FN2O5. The van der Waals surface area contributed by atoms with Gasteiger partial charge in [-0.2, -0.15) is 0 Å². The minimum absolute atomic E-state index is 0.0366. The number of carboxylic acids is 1. The summed E-state index contributed by atoms with van der Waals surface area (Å²) in [6.45, 7) is 4.23. The molecule has 8 heteroatoms. The first kappa shape index (κ1) is 16.8. The van der Waals surface area contributed by atoms with Crippen LogP contribution in [0.25, 0.3) is 0 Å². The number of benzene rings is 1. The monoisotopic (exact) mass is 300 g/mol. The smallest absolute Gasteiger partial charge is 0.338 e. The van der Waals surface area contributed by atoms with Gasteiger partial charge in [0.2, 0.25) is 0 Å². The van der Waals surface area contributed by atoms with Crippen LogP contribution in [0.3, 0.4) is 0 Å². The molecule has 0 heterocycles. The largest absolute Gasteiger partial charge is 0.478 e. The van der Waals surface area contributed by atoms with Crippen molar-refractivity contribution >= 4 is 17.3 Å². The zero-order chi connectivity index (χ0) is 16.2. The zero-order valence-electron chi connectivity index (χ0n) is 12.0. The molecule has 21 heavy (non-hydrogen) atoms. The normalized spacial score (nSPS) is 12.0. The van der Waals surface area contributed by atoms with Gasteiger partial charge in [-0.05, 0) is 13.8 Å². The van der Waals surface area contributed by atoms with Gasteiger partial charge in [0, 0.05) is 31.8 Å². The first-order valence-electron chi connectivity index (χ1n) is 6.30. The summed E-state index contributed by atoms with van der Waals surface area (Å²) in [7, 11) is 1.49. The Morgan fingerprint density at radius 2 is 2.19 bits per heavy atom. The van der Waals surface area contributed by atoms with Gasteiger partial charge in [-0.1, -0.05) is 0 Å². The number of hydrogen-bond acceptors (Lipinski definition) is 5. The quantitative estimate of drug-likeness (QED) is 0.613. The summed E-state index contributed by atoms with van der Waals surface area (Å²) >= 11 is 0.